The summed E-state index contributed by atoms with van der Waals surface area (Å²) in [6, 6.07) is 8.11. The summed E-state index contributed by atoms with van der Waals surface area (Å²) in [4.78, 5) is 0. The van der Waals surface area contributed by atoms with Crippen LogP contribution in [0.4, 0.5) is 0 Å². The lowest BCUT2D eigenvalue weighted by Gasteiger charge is -2.22. The van der Waals surface area contributed by atoms with E-state index in [1.54, 1.807) is 0 Å². The second kappa shape index (κ2) is 4.76. The molecule has 0 amide bonds. The van der Waals surface area contributed by atoms with Crippen molar-refractivity contribution in [1.82, 2.24) is 0 Å². The first kappa shape index (κ1) is 13.5. The van der Waals surface area contributed by atoms with E-state index in [2.05, 4.69) is 0 Å². The van der Waals surface area contributed by atoms with Crippen molar-refractivity contribution in [2.45, 2.75) is 27.2 Å². The number of aryl methyl sites for hydroxylation is 1. The van der Waals surface area contributed by atoms with Crippen molar-refractivity contribution >= 4 is 19.7 Å². The van der Waals surface area contributed by atoms with Crippen molar-refractivity contribution < 1.29 is 8.42 Å². The van der Waals surface area contributed by atoms with Crippen LogP contribution in [0.1, 0.15) is 25.0 Å². The highest BCUT2D eigenvalue weighted by atomic mass is 35.7. The van der Waals surface area contributed by atoms with Crippen LogP contribution in [0.25, 0.3) is 0 Å². The van der Waals surface area contributed by atoms with E-state index >= 15 is 0 Å². The van der Waals surface area contributed by atoms with E-state index in [9.17, 15) is 8.42 Å². The van der Waals surface area contributed by atoms with Crippen molar-refractivity contribution in [1.29, 1.82) is 0 Å². The van der Waals surface area contributed by atoms with Crippen LogP contribution in [0.2, 0.25) is 0 Å². The van der Waals surface area contributed by atoms with Gasteiger partial charge in [-0.25, -0.2) is 8.42 Å². The van der Waals surface area contributed by atoms with E-state index < -0.39 is 9.05 Å². The molecule has 0 N–H and O–H groups in total. The minimum absolute atomic E-state index is 0.00453. The Labute approximate surface area is 102 Å². The summed E-state index contributed by atoms with van der Waals surface area (Å²) in [7, 11) is 1.84. The molecular formula is C12H17ClO2S. The van der Waals surface area contributed by atoms with E-state index in [1.807, 2.05) is 45.0 Å². The van der Waals surface area contributed by atoms with Gasteiger partial charge in [-0.15, -0.1) is 0 Å². The SMILES string of the molecule is Cc1ccc(CC(C)(C)CS(=O)(=O)Cl)cc1. The van der Waals surface area contributed by atoms with Gasteiger partial charge in [0, 0.05) is 10.7 Å². The molecule has 0 unspecified atom stereocenters. The molecule has 1 aromatic carbocycles. The largest absolute Gasteiger partial charge is 0.233 e. The van der Waals surface area contributed by atoms with E-state index in [0.29, 0.717) is 6.42 Å². The summed E-state index contributed by atoms with van der Waals surface area (Å²) in [5, 5.41) is 0. The second-order valence-corrected chi connectivity index (χ2v) is 7.79. The van der Waals surface area contributed by atoms with Gasteiger partial charge in [-0.2, -0.15) is 0 Å². The molecule has 0 aromatic heterocycles. The summed E-state index contributed by atoms with van der Waals surface area (Å²) in [5.74, 6) is -0.00453. The Morgan fingerprint density at radius 1 is 1.19 bits per heavy atom. The van der Waals surface area contributed by atoms with Crippen molar-refractivity contribution in [2.75, 3.05) is 5.75 Å². The van der Waals surface area contributed by atoms with E-state index in [4.69, 9.17) is 10.7 Å². The van der Waals surface area contributed by atoms with Crippen molar-refractivity contribution in [3.8, 4) is 0 Å². The second-order valence-electron chi connectivity index (χ2n) is 5.01. The molecule has 0 saturated carbocycles. The van der Waals surface area contributed by atoms with Crippen LogP contribution >= 0.6 is 10.7 Å². The molecule has 0 fully saturated rings. The molecule has 16 heavy (non-hydrogen) atoms. The Morgan fingerprint density at radius 2 is 1.69 bits per heavy atom. The summed E-state index contributed by atoms with van der Waals surface area (Å²) in [6.07, 6.45) is 0.708. The summed E-state index contributed by atoms with van der Waals surface area (Å²) < 4.78 is 22.1. The van der Waals surface area contributed by atoms with Crippen LogP contribution < -0.4 is 0 Å². The fraction of sp³-hybridized carbons (Fsp3) is 0.500. The number of rotatable bonds is 4. The Hall–Kier alpha value is -0.540. The Morgan fingerprint density at radius 3 is 2.12 bits per heavy atom. The first-order valence-electron chi connectivity index (χ1n) is 5.16. The molecule has 0 bridgehead atoms. The topological polar surface area (TPSA) is 34.1 Å². The quantitative estimate of drug-likeness (QED) is 0.780. The highest BCUT2D eigenvalue weighted by molar-refractivity contribution is 8.13. The van der Waals surface area contributed by atoms with E-state index in [0.717, 1.165) is 5.56 Å². The molecule has 0 saturated heterocycles. The standard InChI is InChI=1S/C12H17ClO2S/c1-10-4-6-11(7-5-10)8-12(2,3)9-16(13,14)15/h4-7H,8-9H2,1-3H3. The van der Waals surface area contributed by atoms with Gasteiger partial charge in [-0.3, -0.25) is 0 Å². The maximum absolute atomic E-state index is 11.1. The molecule has 90 valence electrons. The molecule has 0 aliphatic heterocycles. The van der Waals surface area contributed by atoms with E-state index in [1.165, 1.54) is 5.56 Å². The highest BCUT2D eigenvalue weighted by Gasteiger charge is 2.25. The molecule has 0 atom stereocenters. The van der Waals surface area contributed by atoms with Gasteiger partial charge >= 0.3 is 0 Å². The minimum Gasteiger partial charge on any atom is -0.212 e. The van der Waals surface area contributed by atoms with Gasteiger partial charge in [-0.05, 0) is 24.3 Å². The first-order valence-corrected chi connectivity index (χ1v) is 7.64. The van der Waals surface area contributed by atoms with Crippen LogP contribution in [0, 0.1) is 12.3 Å². The van der Waals surface area contributed by atoms with Crippen LogP contribution in [-0.4, -0.2) is 14.2 Å². The van der Waals surface area contributed by atoms with Crippen LogP contribution in [0.3, 0.4) is 0 Å². The van der Waals surface area contributed by atoms with E-state index in [-0.39, 0.29) is 11.2 Å². The zero-order valence-electron chi connectivity index (χ0n) is 9.83. The molecule has 2 nitrogen and oxygen atoms in total. The molecular weight excluding hydrogens is 244 g/mol. The zero-order chi connectivity index (χ0) is 12.4. The molecule has 4 heteroatoms. The van der Waals surface area contributed by atoms with Crippen molar-refractivity contribution in [3.63, 3.8) is 0 Å². The number of benzene rings is 1. The fourth-order valence-electron chi connectivity index (χ4n) is 1.78. The molecule has 1 rings (SSSR count). The predicted molar refractivity (Wildman–Crippen MR) is 68.3 cm³/mol. The normalized spacial score (nSPS) is 12.8. The van der Waals surface area contributed by atoms with Gasteiger partial charge in [0.05, 0.1) is 5.75 Å². The maximum Gasteiger partial charge on any atom is 0.233 e. The number of halogens is 1. The fourth-order valence-corrected chi connectivity index (χ4v) is 3.70. The Balaban J connectivity index is 2.76. The van der Waals surface area contributed by atoms with Crippen LogP contribution in [0.5, 0.6) is 0 Å². The van der Waals surface area contributed by atoms with Crippen molar-refractivity contribution in [3.05, 3.63) is 35.4 Å². The van der Waals surface area contributed by atoms with Crippen LogP contribution in [0.15, 0.2) is 24.3 Å². The van der Waals surface area contributed by atoms with Gasteiger partial charge in [0.2, 0.25) is 9.05 Å². The molecule has 0 aliphatic rings. The molecule has 0 heterocycles. The smallest absolute Gasteiger partial charge is 0.212 e. The molecule has 0 spiro atoms. The minimum atomic E-state index is -3.44. The van der Waals surface area contributed by atoms with Gasteiger partial charge in [-0.1, -0.05) is 43.7 Å². The lowest BCUT2D eigenvalue weighted by atomic mass is 9.88. The third-order valence-corrected chi connectivity index (χ3v) is 3.82. The molecule has 0 aliphatic carbocycles. The third-order valence-electron chi connectivity index (χ3n) is 2.37. The number of hydrogen-bond donors (Lipinski definition) is 0. The average molecular weight is 261 g/mol. The highest BCUT2D eigenvalue weighted by Crippen LogP contribution is 2.25. The maximum atomic E-state index is 11.1. The van der Waals surface area contributed by atoms with Gasteiger partial charge in [0.25, 0.3) is 0 Å². The third kappa shape index (κ3) is 4.99. The van der Waals surface area contributed by atoms with Gasteiger partial charge in [0.15, 0.2) is 0 Å². The predicted octanol–water partition coefficient (Wildman–Crippen LogP) is 3.13. The van der Waals surface area contributed by atoms with Gasteiger partial charge < -0.3 is 0 Å². The summed E-state index contributed by atoms with van der Waals surface area (Å²) >= 11 is 0. The lowest BCUT2D eigenvalue weighted by molar-refractivity contribution is 0.412. The van der Waals surface area contributed by atoms with Gasteiger partial charge in [0.1, 0.15) is 0 Å². The Bertz CT molecular complexity index is 446. The Kier molecular flexibility index (Phi) is 4.02. The van der Waals surface area contributed by atoms with Crippen molar-refractivity contribution in [2.24, 2.45) is 5.41 Å². The number of hydrogen-bond acceptors (Lipinski definition) is 2. The zero-order valence-corrected chi connectivity index (χ0v) is 11.4. The monoisotopic (exact) mass is 260 g/mol. The molecule has 1 aromatic rings. The first-order chi connectivity index (χ1) is 7.18. The summed E-state index contributed by atoms with van der Waals surface area (Å²) in [5.41, 5.74) is 2.00. The molecule has 0 radical (unpaired) electrons. The lowest BCUT2D eigenvalue weighted by Crippen LogP contribution is -2.23. The average Bonchev–Trinajstić information content (AvgIpc) is 2.04. The van der Waals surface area contributed by atoms with Crippen LogP contribution in [-0.2, 0) is 15.5 Å². The summed E-state index contributed by atoms with van der Waals surface area (Å²) in [6.45, 7) is 5.84.